The quantitative estimate of drug-likeness (QED) is 0.888. The lowest BCUT2D eigenvalue weighted by molar-refractivity contribution is 0.0898. The van der Waals surface area contributed by atoms with Gasteiger partial charge in [-0.25, -0.2) is 4.98 Å². The van der Waals surface area contributed by atoms with Gasteiger partial charge in [-0.05, 0) is 25.0 Å². The maximum absolute atomic E-state index is 12.3. The first-order chi connectivity index (χ1) is 9.72. The average molecular weight is 270 g/mol. The minimum Gasteiger partial charge on any atom is -0.344 e. The van der Waals surface area contributed by atoms with E-state index in [1.807, 2.05) is 24.3 Å². The normalized spacial score (nSPS) is 17.2. The Labute approximate surface area is 117 Å². The van der Waals surface area contributed by atoms with E-state index in [9.17, 15) is 4.79 Å². The van der Waals surface area contributed by atoms with Gasteiger partial charge >= 0.3 is 0 Å². The molecule has 3 N–H and O–H groups in total. The predicted molar refractivity (Wildman–Crippen MR) is 77.3 cm³/mol. The smallest absolute Gasteiger partial charge is 0.271 e. The lowest BCUT2D eigenvalue weighted by Crippen LogP contribution is -2.51. The van der Waals surface area contributed by atoms with Crippen molar-refractivity contribution >= 4 is 16.9 Å². The van der Waals surface area contributed by atoms with Crippen molar-refractivity contribution in [3.63, 3.8) is 0 Å². The van der Waals surface area contributed by atoms with Crippen molar-refractivity contribution in [3.05, 3.63) is 36.2 Å². The van der Waals surface area contributed by atoms with Crippen molar-refractivity contribution in [1.82, 2.24) is 15.3 Å². The molecule has 5 heteroatoms. The monoisotopic (exact) mass is 270 g/mol. The van der Waals surface area contributed by atoms with Gasteiger partial charge in [0.25, 0.3) is 5.91 Å². The molecule has 0 bridgehead atoms. The molecule has 5 nitrogen and oxygen atoms in total. The summed E-state index contributed by atoms with van der Waals surface area (Å²) in [6, 6.07) is 7.52. The molecule has 2 aromatic rings. The molecule has 20 heavy (non-hydrogen) atoms. The maximum Gasteiger partial charge on any atom is 0.271 e. The number of rotatable bonds is 3. The number of amides is 1. The van der Waals surface area contributed by atoms with E-state index in [1.54, 1.807) is 0 Å². The number of benzene rings is 1. The Morgan fingerprint density at radius 1 is 1.25 bits per heavy atom. The van der Waals surface area contributed by atoms with Crippen molar-refractivity contribution in [3.8, 4) is 0 Å². The minimum absolute atomic E-state index is 0.185. The zero-order valence-electron chi connectivity index (χ0n) is 11.3. The number of aromatic nitrogens is 2. The van der Waals surface area contributed by atoms with Crippen molar-refractivity contribution < 1.29 is 4.79 Å². The SMILES string of the molecule is NCC1(NC(=O)c2cnc3ccccc3n2)CCCC1. The van der Waals surface area contributed by atoms with Gasteiger partial charge in [0.2, 0.25) is 0 Å². The summed E-state index contributed by atoms with van der Waals surface area (Å²) in [6.07, 6.45) is 5.63. The second-order valence-electron chi connectivity index (χ2n) is 5.39. The van der Waals surface area contributed by atoms with Crippen LogP contribution in [0.3, 0.4) is 0 Å². The number of carbonyl (C=O) groups excluding carboxylic acids is 1. The Balaban J connectivity index is 1.85. The highest BCUT2D eigenvalue weighted by atomic mass is 16.2. The van der Waals surface area contributed by atoms with E-state index < -0.39 is 0 Å². The summed E-state index contributed by atoms with van der Waals surface area (Å²) in [5.41, 5.74) is 7.45. The third-order valence-corrected chi connectivity index (χ3v) is 4.01. The molecule has 1 aliphatic rings. The molecule has 0 spiro atoms. The van der Waals surface area contributed by atoms with Crippen LogP contribution < -0.4 is 11.1 Å². The number of nitrogens with zero attached hydrogens (tertiary/aromatic N) is 2. The van der Waals surface area contributed by atoms with Gasteiger partial charge in [0.05, 0.1) is 22.8 Å². The van der Waals surface area contributed by atoms with Crippen LogP contribution in [-0.2, 0) is 0 Å². The first-order valence-electron chi connectivity index (χ1n) is 6.97. The van der Waals surface area contributed by atoms with Crippen molar-refractivity contribution in [1.29, 1.82) is 0 Å². The topological polar surface area (TPSA) is 80.9 Å². The van der Waals surface area contributed by atoms with E-state index in [-0.39, 0.29) is 11.4 Å². The van der Waals surface area contributed by atoms with Gasteiger partial charge in [0, 0.05) is 6.54 Å². The van der Waals surface area contributed by atoms with Gasteiger partial charge in [-0.3, -0.25) is 9.78 Å². The second kappa shape index (κ2) is 5.17. The molecular weight excluding hydrogens is 252 g/mol. The Kier molecular flexibility index (Phi) is 3.36. The summed E-state index contributed by atoms with van der Waals surface area (Å²) in [7, 11) is 0. The van der Waals surface area contributed by atoms with Crippen LogP contribution >= 0.6 is 0 Å². The molecule has 3 rings (SSSR count). The summed E-state index contributed by atoms with van der Waals surface area (Å²) in [5.74, 6) is -0.185. The fourth-order valence-electron chi connectivity index (χ4n) is 2.80. The molecule has 1 saturated carbocycles. The number of fused-ring (bicyclic) bond motifs is 1. The van der Waals surface area contributed by atoms with Crippen LogP contribution in [0.15, 0.2) is 30.5 Å². The molecule has 1 aliphatic carbocycles. The maximum atomic E-state index is 12.3. The molecule has 0 aliphatic heterocycles. The second-order valence-corrected chi connectivity index (χ2v) is 5.39. The van der Waals surface area contributed by atoms with E-state index in [0.717, 1.165) is 36.7 Å². The molecule has 1 fully saturated rings. The summed E-state index contributed by atoms with van der Waals surface area (Å²) in [4.78, 5) is 21.0. The van der Waals surface area contributed by atoms with Crippen LogP contribution in [0.5, 0.6) is 0 Å². The van der Waals surface area contributed by atoms with Gasteiger partial charge in [-0.2, -0.15) is 0 Å². The van der Waals surface area contributed by atoms with Crippen LogP contribution in [0, 0.1) is 0 Å². The Bertz CT molecular complexity index is 635. The van der Waals surface area contributed by atoms with E-state index in [1.165, 1.54) is 6.20 Å². The highest BCUT2D eigenvalue weighted by Gasteiger charge is 2.34. The minimum atomic E-state index is -0.260. The first kappa shape index (κ1) is 13.0. The Hall–Kier alpha value is -2.01. The zero-order chi connectivity index (χ0) is 14.0. The fraction of sp³-hybridized carbons (Fsp3) is 0.400. The number of carbonyl (C=O) groups is 1. The van der Waals surface area contributed by atoms with Crippen molar-refractivity contribution in [2.45, 2.75) is 31.2 Å². The van der Waals surface area contributed by atoms with E-state index in [2.05, 4.69) is 15.3 Å². The van der Waals surface area contributed by atoms with Gasteiger partial charge < -0.3 is 11.1 Å². The molecule has 1 aromatic heterocycles. The third kappa shape index (κ3) is 2.36. The molecule has 104 valence electrons. The fourth-order valence-corrected chi connectivity index (χ4v) is 2.80. The van der Waals surface area contributed by atoms with Crippen LogP contribution in [0.4, 0.5) is 0 Å². The summed E-state index contributed by atoms with van der Waals surface area (Å²) >= 11 is 0. The number of para-hydroxylation sites is 2. The van der Waals surface area contributed by atoms with Gasteiger partial charge in [0.15, 0.2) is 0 Å². The largest absolute Gasteiger partial charge is 0.344 e. The molecule has 0 radical (unpaired) electrons. The molecule has 0 atom stereocenters. The van der Waals surface area contributed by atoms with Crippen molar-refractivity contribution in [2.75, 3.05) is 6.54 Å². The summed E-state index contributed by atoms with van der Waals surface area (Å²) in [5, 5.41) is 3.06. The van der Waals surface area contributed by atoms with Gasteiger partial charge in [-0.15, -0.1) is 0 Å². The van der Waals surface area contributed by atoms with E-state index >= 15 is 0 Å². The average Bonchev–Trinajstić information content (AvgIpc) is 2.96. The first-order valence-corrected chi connectivity index (χ1v) is 6.97. The highest BCUT2D eigenvalue weighted by Crippen LogP contribution is 2.28. The molecular formula is C15H18N4O. The molecule has 1 aromatic carbocycles. The lowest BCUT2D eigenvalue weighted by Gasteiger charge is -2.28. The van der Waals surface area contributed by atoms with E-state index in [0.29, 0.717) is 12.2 Å². The summed E-state index contributed by atoms with van der Waals surface area (Å²) < 4.78 is 0. The number of hydrogen-bond donors (Lipinski definition) is 2. The standard InChI is InChI=1S/C15H18N4O/c16-10-15(7-3-4-8-15)19-14(20)13-9-17-11-5-1-2-6-12(11)18-13/h1-2,5-6,9H,3-4,7-8,10,16H2,(H,19,20). The van der Waals surface area contributed by atoms with Gasteiger partial charge in [-0.1, -0.05) is 25.0 Å². The van der Waals surface area contributed by atoms with E-state index in [4.69, 9.17) is 5.73 Å². The number of nitrogens with one attached hydrogen (secondary N) is 1. The summed E-state index contributed by atoms with van der Waals surface area (Å²) in [6.45, 7) is 0.472. The Morgan fingerprint density at radius 3 is 2.65 bits per heavy atom. The Morgan fingerprint density at radius 2 is 1.95 bits per heavy atom. The predicted octanol–water partition coefficient (Wildman–Crippen LogP) is 1.63. The van der Waals surface area contributed by atoms with Crippen LogP contribution in [-0.4, -0.2) is 28.0 Å². The van der Waals surface area contributed by atoms with Crippen LogP contribution in [0.1, 0.15) is 36.2 Å². The van der Waals surface area contributed by atoms with Crippen LogP contribution in [0.2, 0.25) is 0 Å². The lowest BCUT2D eigenvalue weighted by atomic mass is 9.97. The number of hydrogen-bond acceptors (Lipinski definition) is 4. The number of nitrogens with two attached hydrogens (primary N) is 1. The van der Waals surface area contributed by atoms with Gasteiger partial charge in [0.1, 0.15) is 5.69 Å². The molecule has 1 heterocycles. The molecule has 0 unspecified atom stereocenters. The highest BCUT2D eigenvalue weighted by molar-refractivity contribution is 5.94. The zero-order valence-corrected chi connectivity index (χ0v) is 11.3. The molecule has 1 amide bonds. The third-order valence-electron chi connectivity index (χ3n) is 4.01. The van der Waals surface area contributed by atoms with Crippen molar-refractivity contribution in [2.24, 2.45) is 5.73 Å². The van der Waals surface area contributed by atoms with Crippen LogP contribution in [0.25, 0.3) is 11.0 Å². The molecule has 0 saturated heterocycles.